The molecule has 1 saturated heterocycles. The van der Waals surface area contributed by atoms with E-state index in [9.17, 15) is 22.8 Å². The molecule has 0 radical (unpaired) electrons. The number of benzene rings is 2. The Morgan fingerprint density at radius 2 is 1.29 bits per heavy atom. The molecule has 0 saturated carbocycles. The third-order valence-corrected chi connectivity index (χ3v) is 4.91. The lowest BCUT2D eigenvalue weighted by atomic mass is 10.1. The molecule has 148 valence electrons. The van der Waals surface area contributed by atoms with Crippen LogP contribution >= 0.6 is 0 Å². The average molecular weight is 390 g/mol. The molecule has 0 unspecified atom stereocenters. The fourth-order valence-electron chi connectivity index (χ4n) is 3.39. The van der Waals surface area contributed by atoms with Crippen LogP contribution in [0.25, 0.3) is 0 Å². The van der Waals surface area contributed by atoms with Crippen LogP contribution in [0, 0.1) is 6.92 Å². The first-order valence-electron chi connectivity index (χ1n) is 9.09. The van der Waals surface area contributed by atoms with Gasteiger partial charge in [-0.2, -0.15) is 13.2 Å². The Morgan fingerprint density at radius 3 is 1.86 bits per heavy atom. The lowest BCUT2D eigenvalue weighted by molar-refractivity contribution is -0.138. The van der Waals surface area contributed by atoms with E-state index in [1.54, 1.807) is 17.0 Å². The van der Waals surface area contributed by atoms with Crippen molar-refractivity contribution in [2.45, 2.75) is 19.5 Å². The van der Waals surface area contributed by atoms with E-state index in [1.165, 1.54) is 23.1 Å². The van der Waals surface area contributed by atoms with Crippen LogP contribution in [0.2, 0.25) is 0 Å². The molecule has 0 spiro atoms. The second-order valence-corrected chi connectivity index (χ2v) is 6.80. The van der Waals surface area contributed by atoms with Gasteiger partial charge >= 0.3 is 6.18 Å². The molecule has 2 aromatic rings. The Kier molecular flexibility index (Phi) is 5.72. The van der Waals surface area contributed by atoms with E-state index in [1.807, 2.05) is 19.1 Å². The molecule has 1 heterocycles. The third-order valence-electron chi connectivity index (χ3n) is 4.91. The van der Waals surface area contributed by atoms with Crippen molar-refractivity contribution in [1.29, 1.82) is 0 Å². The van der Waals surface area contributed by atoms with Gasteiger partial charge < -0.3 is 9.80 Å². The summed E-state index contributed by atoms with van der Waals surface area (Å²) in [6, 6.07) is 12.1. The van der Waals surface area contributed by atoms with Gasteiger partial charge in [0.25, 0.3) is 11.8 Å². The largest absolute Gasteiger partial charge is 0.417 e. The maximum atomic E-state index is 13.2. The zero-order valence-electron chi connectivity index (χ0n) is 15.5. The van der Waals surface area contributed by atoms with Crippen LogP contribution in [0.5, 0.6) is 0 Å². The van der Waals surface area contributed by atoms with Crippen LogP contribution in [-0.4, -0.2) is 47.8 Å². The third kappa shape index (κ3) is 4.18. The van der Waals surface area contributed by atoms with Crippen molar-refractivity contribution in [1.82, 2.24) is 9.80 Å². The van der Waals surface area contributed by atoms with Crippen molar-refractivity contribution in [2.75, 3.05) is 26.2 Å². The molecule has 4 nitrogen and oxygen atoms in total. The van der Waals surface area contributed by atoms with E-state index in [0.717, 1.165) is 11.6 Å². The average Bonchev–Trinajstić information content (AvgIpc) is 2.93. The lowest BCUT2D eigenvalue weighted by Gasteiger charge is -2.24. The Hall–Kier alpha value is -2.83. The van der Waals surface area contributed by atoms with Crippen LogP contribution in [0.3, 0.4) is 0 Å². The number of alkyl halides is 3. The highest BCUT2D eigenvalue weighted by Gasteiger charge is 2.36. The normalized spacial score (nSPS) is 15.3. The van der Waals surface area contributed by atoms with Gasteiger partial charge in [0.1, 0.15) is 0 Å². The fraction of sp³-hybridized carbons (Fsp3) is 0.333. The molecule has 3 rings (SSSR count). The minimum absolute atomic E-state index is 0.122. The summed E-state index contributed by atoms with van der Waals surface area (Å²) in [4.78, 5) is 28.6. The molecule has 28 heavy (non-hydrogen) atoms. The summed E-state index contributed by atoms with van der Waals surface area (Å²) in [7, 11) is 0. The van der Waals surface area contributed by atoms with Crippen LogP contribution < -0.4 is 0 Å². The summed E-state index contributed by atoms with van der Waals surface area (Å²) in [5.74, 6) is -0.777. The topological polar surface area (TPSA) is 40.6 Å². The summed E-state index contributed by atoms with van der Waals surface area (Å²) in [6.07, 6.45) is -4.08. The van der Waals surface area contributed by atoms with Crippen molar-refractivity contribution in [3.8, 4) is 0 Å². The van der Waals surface area contributed by atoms with Gasteiger partial charge in [-0.15, -0.1) is 0 Å². The summed E-state index contributed by atoms with van der Waals surface area (Å²) < 4.78 is 39.7. The molecule has 1 fully saturated rings. The highest BCUT2D eigenvalue weighted by Crippen LogP contribution is 2.32. The molecule has 1 aliphatic rings. The standard InChI is InChI=1S/C21H21F3N2O2/c1-15-7-2-3-8-16(15)19(27)25-11-6-12-26(14-13-25)20(28)17-9-4-5-10-18(17)21(22,23)24/h2-5,7-10H,6,11-14H2,1H3. The van der Waals surface area contributed by atoms with Crippen molar-refractivity contribution >= 4 is 11.8 Å². The molecule has 7 heteroatoms. The molecule has 0 aliphatic carbocycles. The van der Waals surface area contributed by atoms with Gasteiger partial charge in [-0.05, 0) is 37.1 Å². The van der Waals surface area contributed by atoms with Gasteiger partial charge in [0, 0.05) is 31.7 Å². The molecule has 0 bridgehead atoms. The number of halogens is 3. The predicted molar refractivity (Wildman–Crippen MR) is 99.0 cm³/mol. The molecule has 2 amide bonds. The molecule has 0 atom stereocenters. The predicted octanol–water partition coefficient (Wildman–Crippen LogP) is 4.00. The zero-order chi connectivity index (χ0) is 20.3. The molecule has 2 aromatic carbocycles. The number of rotatable bonds is 2. The summed E-state index contributed by atoms with van der Waals surface area (Å²) in [6.45, 7) is 3.10. The Morgan fingerprint density at radius 1 is 0.786 bits per heavy atom. The highest BCUT2D eigenvalue weighted by molar-refractivity contribution is 5.97. The van der Waals surface area contributed by atoms with Gasteiger partial charge in [-0.25, -0.2) is 0 Å². The number of carbonyl (C=O) groups excluding carboxylic acids is 2. The van der Waals surface area contributed by atoms with Crippen molar-refractivity contribution in [3.05, 3.63) is 70.8 Å². The smallest absolute Gasteiger partial charge is 0.337 e. The first kappa shape index (κ1) is 19.9. The van der Waals surface area contributed by atoms with Crippen molar-refractivity contribution in [2.24, 2.45) is 0 Å². The van der Waals surface area contributed by atoms with Gasteiger partial charge in [0.2, 0.25) is 0 Å². The quantitative estimate of drug-likeness (QED) is 0.778. The SMILES string of the molecule is Cc1ccccc1C(=O)N1CCCN(C(=O)c2ccccc2C(F)(F)F)CC1. The number of aryl methyl sites for hydroxylation is 1. The highest BCUT2D eigenvalue weighted by atomic mass is 19.4. The van der Waals surface area contributed by atoms with E-state index in [2.05, 4.69) is 0 Å². The van der Waals surface area contributed by atoms with Gasteiger partial charge in [-0.1, -0.05) is 30.3 Å². The first-order chi connectivity index (χ1) is 13.3. The number of amides is 2. The van der Waals surface area contributed by atoms with Gasteiger partial charge in [-0.3, -0.25) is 9.59 Å². The summed E-state index contributed by atoms with van der Waals surface area (Å²) in [5.41, 5.74) is 0.180. The van der Waals surface area contributed by atoms with E-state index in [0.29, 0.717) is 25.1 Å². The number of hydrogen-bond donors (Lipinski definition) is 0. The second-order valence-electron chi connectivity index (χ2n) is 6.80. The summed E-state index contributed by atoms with van der Waals surface area (Å²) >= 11 is 0. The number of nitrogens with zero attached hydrogens (tertiary/aromatic N) is 2. The zero-order valence-corrected chi connectivity index (χ0v) is 15.5. The minimum Gasteiger partial charge on any atom is -0.337 e. The number of carbonyl (C=O) groups is 2. The Bertz CT molecular complexity index is 880. The van der Waals surface area contributed by atoms with Crippen LogP contribution in [0.1, 0.15) is 38.3 Å². The monoisotopic (exact) mass is 390 g/mol. The Labute approximate surface area is 161 Å². The number of hydrogen-bond acceptors (Lipinski definition) is 2. The van der Waals surface area contributed by atoms with Crippen molar-refractivity contribution < 1.29 is 22.8 Å². The summed E-state index contributed by atoms with van der Waals surface area (Å²) in [5, 5.41) is 0. The maximum absolute atomic E-state index is 13.2. The van der Waals surface area contributed by atoms with Crippen LogP contribution in [-0.2, 0) is 6.18 Å². The van der Waals surface area contributed by atoms with E-state index < -0.39 is 17.6 Å². The second kappa shape index (κ2) is 8.04. The van der Waals surface area contributed by atoms with Crippen LogP contribution in [0.4, 0.5) is 13.2 Å². The first-order valence-corrected chi connectivity index (χ1v) is 9.09. The molecule has 0 N–H and O–H groups in total. The van der Waals surface area contributed by atoms with E-state index in [-0.39, 0.29) is 24.6 Å². The molecular formula is C21H21F3N2O2. The van der Waals surface area contributed by atoms with Crippen molar-refractivity contribution in [3.63, 3.8) is 0 Å². The fourth-order valence-corrected chi connectivity index (χ4v) is 3.39. The van der Waals surface area contributed by atoms with Gasteiger partial charge in [0.05, 0.1) is 11.1 Å². The van der Waals surface area contributed by atoms with E-state index in [4.69, 9.17) is 0 Å². The lowest BCUT2D eigenvalue weighted by Crippen LogP contribution is -2.38. The minimum atomic E-state index is -4.59. The molecule has 0 aromatic heterocycles. The maximum Gasteiger partial charge on any atom is 0.417 e. The Balaban J connectivity index is 1.75. The molecule has 1 aliphatic heterocycles. The van der Waals surface area contributed by atoms with Crippen LogP contribution in [0.15, 0.2) is 48.5 Å². The van der Waals surface area contributed by atoms with Gasteiger partial charge in [0.15, 0.2) is 0 Å². The van der Waals surface area contributed by atoms with E-state index >= 15 is 0 Å². The molecular weight excluding hydrogens is 369 g/mol.